The molecule has 2 heterocycles. The number of H-pyrrole nitrogens is 1. The molecule has 1 saturated heterocycles. The molecule has 228 valence electrons. The van der Waals surface area contributed by atoms with Gasteiger partial charge in [0.05, 0.1) is 18.0 Å². The number of benzene rings is 2. The van der Waals surface area contributed by atoms with Crippen LogP contribution < -0.4 is 5.32 Å². The van der Waals surface area contributed by atoms with Crippen LogP contribution in [0.1, 0.15) is 75.0 Å². The Bertz CT molecular complexity index is 1590. The van der Waals surface area contributed by atoms with Gasteiger partial charge in [-0.1, -0.05) is 17.3 Å². The van der Waals surface area contributed by atoms with E-state index in [9.17, 15) is 19.6 Å². The first-order valence-corrected chi connectivity index (χ1v) is 14.9. The van der Waals surface area contributed by atoms with Crippen molar-refractivity contribution in [2.45, 2.75) is 56.1 Å². The largest absolute Gasteiger partial charge is 0.345 e. The highest BCUT2D eigenvalue weighted by atomic mass is 16.2. The third-order valence-corrected chi connectivity index (χ3v) is 9.30. The molecule has 6 rings (SSSR count). The standard InChI is InChI=1S/C32H37N9O3/c1-18(34-17-28(42)41-24(16-33)13-23-14-27(23)41)15-32(31-35-37-38-36-31)25-8-6-19(29(43)39(2)3)10-21(25)12-22-11-20(7-9-26(22)32)30(44)40(4)5/h6-11,18,23-24,27,34H,12-15,17H2,1-5H3,(H,35,36,37,38)/t18-,23-,24?,27+/m1/s1. The van der Waals surface area contributed by atoms with Crippen LogP contribution >= 0.6 is 0 Å². The molecule has 44 heavy (non-hydrogen) atoms. The molecule has 2 aromatic carbocycles. The smallest absolute Gasteiger partial charge is 0.253 e. The van der Waals surface area contributed by atoms with Gasteiger partial charge < -0.3 is 20.0 Å². The molecule has 2 N–H and O–H groups in total. The molecule has 1 unspecified atom stereocenters. The van der Waals surface area contributed by atoms with E-state index in [1.165, 1.54) is 0 Å². The maximum absolute atomic E-state index is 13.3. The van der Waals surface area contributed by atoms with E-state index in [-0.39, 0.29) is 42.4 Å². The molecule has 3 amide bonds. The lowest BCUT2D eigenvalue weighted by molar-refractivity contribution is -0.131. The van der Waals surface area contributed by atoms with Crippen LogP contribution in [0.15, 0.2) is 36.4 Å². The van der Waals surface area contributed by atoms with E-state index < -0.39 is 5.41 Å². The van der Waals surface area contributed by atoms with E-state index in [1.54, 1.807) is 42.9 Å². The summed E-state index contributed by atoms with van der Waals surface area (Å²) in [6, 6.07) is 13.3. The van der Waals surface area contributed by atoms with Crippen molar-refractivity contribution in [2.75, 3.05) is 34.7 Å². The van der Waals surface area contributed by atoms with Crippen LogP contribution in [0.3, 0.4) is 0 Å². The number of fused-ring (bicyclic) bond motifs is 3. The molecule has 4 atom stereocenters. The summed E-state index contributed by atoms with van der Waals surface area (Å²) in [6.45, 7) is 2.12. The second-order valence-electron chi connectivity index (χ2n) is 12.7. The van der Waals surface area contributed by atoms with E-state index in [0.717, 1.165) is 35.1 Å². The SMILES string of the molecule is C[C@H](CC1(c2nn[nH]n2)c2ccc(C(=O)N(C)C)cc2Cc2cc(C(=O)N(C)C)ccc21)NCC(=O)N1C(C#N)C[C@@H]2C[C@@H]21. The van der Waals surface area contributed by atoms with Gasteiger partial charge in [-0.25, -0.2) is 0 Å². The molecule has 1 saturated carbocycles. The predicted octanol–water partition coefficient (Wildman–Crippen LogP) is 1.72. The monoisotopic (exact) mass is 595 g/mol. The Kier molecular flexibility index (Phi) is 7.45. The summed E-state index contributed by atoms with van der Waals surface area (Å²) in [5.74, 6) is 0.632. The van der Waals surface area contributed by atoms with Gasteiger partial charge in [0.25, 0.3) is 11.8 Å². The maximum Gasteiger partial charge on any atom is 0.253 e. The Morgan fingerprint density at radius 3 is 2.18 bits per heavy atom. The quantitative estimate of drug-likeness (QED) is 0.400. The van der Waals surface area contributed by atoms with Crippen LogP contribution in [0.4, 0.5) is 0 Å². The third kappa shape index (κ3) is 4.91. The number of tetrazole rings is 1. The normalized spacial score (nSPS) is 21.4. The van der Waals surface area contributed by atoms with E-state index in [0.29, 0.717) is 35.7 Å². The second-order valence-corrected chi connectivity index (χ2v) is 12.7. The molecule has 12 heteroatoms. The van der Waals surface area contributed by atoms with Crippen LogP contribution in [0.5, 0.6) is 0 Å². The molecule has 12 nitrogen and oxygen atoms in total. The van der Waals surface area contributed by atoms with Crippen LogP contribution in [0.25, 0.3) is 0 Å². The average molecular weight is 596 g/mol. The minimum absolute atomic E-state index is 0.0647. The zero-order chi connectivity index (χ0) is 31.3. The highest BCUT2D eigenvalue weighted by Gasteiger charge is 2.54. The zero-order valence-electron chi connectivity index (χ0n) is 25.7. The number of aromatic nitrogens is 4. The molecule has 0 radical (unpaired) electrons. The van der Waals surface area contributed by atoms with Crippen LogP contribution in [0.2, 0.25) is 0 Å². The third-order valence-electron chi connectivity index (χ3n) is 9.30. The summed E-state index contributed by atoms with van der Waals surface area (Å²) in [6.07, 6.45) is 2.72. The average Bonchev–Trinajstić information content (AvgIpc) is 3.38. The van der Waals surface area contributed by atoms with Crippen molar-refractivity contribution in [1.29, 1.82) is 5.26 Å². The number of nitrogens with one attached hydrogen (secondary N) is 2. The van der Waals surface area contributed by atoms with Gasteiger partial charge in [-0.3, -0.25) is 14.4 Å². The van der Waals surface area contributed by atoms with Crippen molar-refractivity contribution in [3.63, 3.8) is 0 Å². The molecule has 1 aromatic heterocycles. The molecular weight excluding hydrogens is 558 g/mol. The highest BCUT2D eigenvalue weighted by molar-refractivity contribution is 5.95. The Balaban J connectivity index is 1.40. The summed E-state index contributed by atoms with van der Waals surface area (Å²) in [7, 11) is 6.88. The summed E-state index contributed by atoms with van der Waals surface area (Å²) in [5.41, 5.74) is 3.98. The summed E-state index contributed by atoms with van der Waals surface area (Å²) in [4.78, 5) is 44.0. The summed E-state index contributed by atoms with van der Waals surface area (Å²) in [5, 5.41) is 28.5. The van der Waals surface area contributed by atoms with Gasteiger partial charge >= 0.3 is 0 Å². The van der Waals surface area contributed by atoms with Crippen molar-refractivity contribution in [2.24, 2.45) is 5.92 Å². The van der Waals surface area contributed by atoms with Crippen LogP contribution in [-0.2, 0) is 16.6 Å². The number of carbonyl (C=O) groups is 3. The second kappa shape index (κ2) is 11.1. The predicted molar refractivity (Wildman–Crippen MR) is 161 cm³/mol. The number of carbonyl (C=O) groups excluding carboxylic acids is 3. The van der Waals surface area contributed by atoms with Crippen molar-refractivity contribution in [3.8, 4) is 6.07 Å². The molecule has 2 aliphatic carbocycles. The minimum Gasteiger partial charge on any atom is -0.345 e. The molecule has 3 aliphatic rings. The van der Waals surface area contributed by atoms with Gasteiger partial charge in [-0.05, 0) is 85.0 Å². The highest BCUT2D eigenvalue weighted by Crippen LogP contribution is 2.49. The first kappa shape index (κ1) is 29.4. The maximum atomic E-state index is 13.3. The molecule has 1 aliphatic heterocycles. The summed E-state index contributed by atoms with van der Waals surface area (Å²) >= 11 is 0. The van der Waals surface area contributed by atoms with Gasteiger partial charge in [0, 0.05) is 51.4 Å². The van der Waals surface area contributed by atoms with Crippen LogP contribution in [-0.4, -0.2) is 106 Å². The first-order chi connectivity index (χ1) is 21.0. The fourth-order valence-electron chi connectivity index (χ4n) is 7.16. The van der Waals surface area contributed by atoms with Crippen LogP contribution in [0, 0.1) is 17.2 Å². The number of aromatic amines is 1. The lowest BCUT2D eigenvalue weighted by Gasteiger charge is -2.41. The number of likely N-dealkylation sites (tertiary alicyclic amines) is 1. The van der Waals surface area contributed by atoms with Gasteiger partial charge in [0.15, 0.2) is 5.82 Å². The molecule has 3 aromatic rings. The fraction of sp³-hybridized carbons (Fsp3) is 0.469. The number of hydrogen-bond donors (Lipinski definition) is 2. The lowest BCUT2D eigenvalue weighted by atomic mass is 9.62. The Morgan fingerprint density at radius 1 is 1.05 bits per heavy atom. The molecular formula is C32H37N9O3. The van der Waals surface area contributed by atoms with Gasteiger partial charge in [-0.15, -0.1) is 10.2 Å². The number of rotatable bonds is 8. The van der Waals surface area contributed by atoms with Crippen molar-refractivity contribution < 1.29 is 14.4 Å². The number of amides is 3. The van der Waals surface area contributed by atoms with E-state index in [1.807, 2.05) is 43.3 Å². The van der Waals surface area contributed by atoms with Gasteiger partial charge in [0.1, 0.15) is 6.04 Å². The number of hydrogen-bond acceptors (Lipinski definition) is 8. The molecule has 0 bridgehead atoms. The first-order valence-electron chi connectivity index (χ1n) is 14.9. The van der Waals surface area contributed by atoms with E-state index in [4.69, 9.17) is 0 Å². The Hall–Kier alpha value is -4.63. The van der Waals surface area contributed by atoms with Crippen molar-refractivity contribution >= 4 is 17.7 Å². The minimum atomic E-state index is -0.894. The van der Waals surface area contributed by atoms with E-state index >= 15 is 0 Å². The Labute approximate surface area is 256 Å². The van der Waals surface area contributed by atoms with E-state index in [2.05, 4.69) is 32.0 Å². The topological polar surface area (TPSA) is 151 Å². The number of piperidine rings is 1. The fourth-order valence-corrected chi connectivity index (χ4v) is 7.16. The Morgan fingerprint density at radius 2 is 1.66 bits per heavy atom. The van der Waals surface area contributed by atoms with Crippen molar-refractivity contribution in [1.82, 2.24) is 40.6 Å². The number of nitrogens with zero attached hydrogens (tertiary/aromatic N) is 7. The zero-order valence-corrected chi connectivity index (χ0v) is 25.7. The van der Waals surface area contributed by atoms with Gasteiger partial charge in [-0.2, -0.15) is 10.5 Å². The summed E-state index contributed by atoms with van der Waals surface area (Å²) < 4.78 is 0. The van der Waals surface area contributed by atoms with Crippen molar-refractivity contribution in [3.05, 3.63) is 75.6 Å². The number of nitriles is 1. The lowest BCUT2D eigenvalue weighted by Crippen LogP contribution is -2.47. The molecule has 0 spiro atoms. The van der Waals surface area contributed by atoms with Gasteiger partial charge in [0.2, 0.25) is 5.91 Å². The molecule has 2 fully saturated rings.